The summed E-state index contributed by atoms with van der Waals surface area (Å²) in [7, 11) is 0. The van der Waals surface area contributed by atoms with E-state index < -0.39 is 0 Å². The molecule has 0 aromatic carbocycles. The molecule has 1 aromatic rings. The quantitative estimate of drug-likeness (QED) is 0.526. The average Bonchev–Trinajstić information content (AvgIpc) is 2.62. The number of nitrogens with zero attached hydrogens (tertiary/aromatic N) is 4. The topological polar surface area (TPSA) is 50.5 Å². The van der Waals surface area contributed by atoms with Crippen LogP contribution in [0.15, 0.2) is 22.4 Å². The Balaban J connectivity index is 2.52. The molecule has 5 heteroatoms. The van der Waals surface area contributed by atoms with Gasteiger partial charge in [-0.15, -0.1) is 0 Å². The van der Waals surface area contributed by atoms with Crippen LogP contribution < -0.4 is 10.6 Å². The Morgan fingerprint density at radius 2 is 2.17 bits per heavy atom. The van der Waals surface area contributed by atoms with E-state index >= 15 is 0 Å². The van der Waals surface area contributed by atoms with Crippen LogP contribution in [0.3, 0.4) is 0 Å². The predicted molar refractivity (Wildman–Crippen MR) is 46.1 cm³/mol. The summed E-state index contributed by atoms with van der Waals surface area (Å²) in [6, 6.07) is 0. The highest BCUT2D eigenvalue weighted by molar-refractivity contribution is 8.09. The molecule has 0 saturated carbocycles. The Bertz CT molecular complexity index is 490. The van der Waals surface area contributed by atoms with Crippen molar-refractivity contribution in [1.29, 1.82) is 0 Å². The lowest BCUT2D eigenvalue weighted by molar-refractivity contribution is 0.997. The summed E-state index contributed by atoms with van der Waals surface area (Å²) in [4.78, 5) is 9.69. The van der Waals surface area contributed by atoms with Crippen LogP contribution in [0.5, 0.6) is 0 Å². The summed E-state index contributed by atoms with van der Waals surface area (Å²) in [5.74, 6) is 1.64. The molecule has 0 fully saturated rings. The minimum atomic E-state index is 0.788. The van der Waals surface area contributed by atoms with Crippen molar-refractivity contribution >= 4 is 22.5 Å². The number of fused-ring (bicyclic) bond motifs is 2. The number of aliphatic imine (C=N–C) groups is 1. The second-order valence-electron chi connectivity index (χ2n) is 2.48. The second kappa shape index (κ2) is 2.13. The van der Waals surface area contributed by atoms with Gasteiger partial charge in [0.1, 0.15) is 0 Å². The number of hydrogen-bond acceptors (Lipinski definition) is 5. The highest BCUT2D eigenvalue weighted by Crippen LogP contribution is 2.25. The lowest BCUT2D eigenvalue weighted by atomic mass is 10.4. The molecular weight excluding hydrogens is 172 g/mol. The first-order valence-corrected chi connectivity index (χ1v) is 4.51. The molecule has 3 heterocycles. The lowest BCUT2D eigenvalue weighted by Gasteiger charge is -1.85. The number of aromatic nitrogens is 2. The zero-order valence-corrected chi connectivity index (χ0v) is 6.88. The Hall–Kier alpha value is -1.23. The molecule has 0 N–H and O–H groups in total. The molecule has 2 aliphatic heterocycles. The van der Waals surface area contributed by atoms with E-state index in [2.05, 4.69) is 20.2 Å². The lowest BCUT2D eigenvalue weighted by Crippen LogP contribution is -2.23. The monoisotopic (exact) mass is 176 g/mol. The van der Waals surface area contributed by atoms with Crippen molar-refractivity contribution in [2.75, 3.05) is 5.88 Å². The zero-order chi connectivity index (χ0) is 7.97. The van der Waals surface area contributed by atoms with Crippen LogP contribution in [0.2, 0.25) is 0 Å². The molecular formula is C7H4N4S. The first-order chi connectivity index (χ1) is 5.95. The molecule has 2 aliphatic rings. The van der Waals surface area contributed by atoms with Gasteiger partial charge in [0.05, 0.1) is 28.5 Å². The molecule has 58 valence electrons. The molecule has 1 aromatic heterocycles. The van der Waals surface area contributed by atoms with E-state index in [1.807, 2.05) is 0 Å². The minimum absolute atomic E-state index is 0.788. The number of rotatable bonds is 0. The van der Waals surface area contributed by atoms with Crippen LogP contribution in [0.1, 0.15) is 0 Å². The van der Waals surface area contributed by atoms with Crippen LogP contribution in [-0.4, -0.2) is 21.9 Å². The maximum atomic E-state index is 4.30. The Labute approximate surface area is 72.1 Å². The van der Waals surface area contributed by atoms with E-state index in [0.29, 0.717) is 0 Å². The fourth-order valence-corrected chi connectivity index (χ4v) is 2.14. The van der Waals surface area contributed by atoms with Gasteiger partial charge in [-0.1, -0.05) is 11.8 Å². The van der Waals surface area contributed by atoms with Crippen molar-refractivity contribution in [3.63, 3.8) is 0 Å². The molecule has 0 amide bonds. The van der Waals surface area contributed by atoms with E-state index in [4.69, 9.17) is 0 Å². The van der Waals surface area contributed by atoms with Gasteiger partial charge < -0.3 is 0 Å². The van der Waals surface area contributed by atoms with E-state index in [-0.39, 0.29) is 0 Å². The standard InChI is InChI=1S/C7H4N4S/c1-4-5(2-10-9-1)11-7-6(4)12-3-8-7/h1-2H,3H2. The van der Waals surface area contributed by atoms with Gasteiger partial charge >= 0.3 is 0 Å². The van der Waals surface area contributed by atoms with Gasteiger partial charge in [-0.05, 0) is 0 Å². The van der Waals surface area contributed by atoms with Crippen LogP contribution in [0.4, 0.5) is 0 Å². The Morgan fingerprint density at radius 1 is 1.25 bits per heavy atom. The fourth-order valence-electron chi connectivity index (χ4n) is 1.27. The molecule has 0 saturated heterocycles. The van der Waals surface area contributed by atoms with Gasteiger partial charge in [0, 0.05) is 5.22 Å². The molecule has 0 radical (unpaired) electrons. The van der Waals surface area contributed by atoms with Crippen LogP contribution in [0, 0.1) is 0 Å². The van der Waals surface area contributed by atoms with Crippen molar-refractivity contribution in [3.8, 4) is 0 Å². The van der Waals surface area contributed by atoms with E-state index in [1.54, 1.807) is 24.2 Å². The van der Waals surface area contributed by atoms with Gasteiger partial charge in [0.2, 0.25) is 0 Å². The molecule has 0 aliphatic carbocycles. The van der Waals surface area contributed by atoms with Crippen LogP contribution >= 0.6 is 11.8 Å². The maximum Gasteiger partial charge on any atom is 0.163 e. The molecule has 0 unspecified atom stereocenters. The van der Waals surface area contributed by atoms with E-state index in [0.717, 1.165) is 27.2 Å². The first-order valence-electron chi connectivity index (χ1n) is 3.52. The van der Waals surface area contributed by atoms with Gasteiger partial charge in [0.25, 0.3) is 0 Å². The van der Waals surface area contributed by atoms with Crippen LogP contribution in [0.25, 0.3) is 4.91 Å². The van der Waals surface area contributed by atoms with Gasteiger partial charge in [-0.25, -0.2) is 4.99 Å². The Morgan fingerprint density at radius 3 is 3.17 bits per heavy atom. The molecule has 4 nitrogen and oxygen atoms in total. The number of amidine groups is 1. The van der Waals surface area contributed by atoms with E-state index in [1.165, 1.54) is 0 Å². The minimum Gasteiger partial charge on any atom is -0.254 e. The SMILES string of the molecule is c1nncc2c1=NC1=NCSC=21. The molecule has 0 bridgehead atoms. The molecule has 3 rings (SSSR count). The van der Waals surface area contributed by atoms with E-state index in [9.17, 15) is 0 Å². The molecule has 0 atom stereocenters. The summed E-state index contributed by atoms with van der Waals surface area (Å²) < 4.78 is 0. The van der Waals surface area contributed by atoms with Gasteiger partial charge in [-0.2, -0.15) is 10.2 Å². The third-order valence-corrected chi connectivity index (χ3v) is 2.76. The van der Waals surface area contributed by atoms with Gasteiger partial charge in [-0.3, -0.25) is 4.99 Å². The maximum absolute atomic E-state index is 4.30. The predicted octanol–water partition coefficient (Wildman–Crippen LogP) is -0.679. The van der Waals surface area contributed by atoms with Crippen molar-refractivity contribution in [2.24, 2.45) is 9.98 Å². The van der Waals surface area contributed by atoms with Crippen molar-refractivity contribution in [2.45, 2.75) is 0 Å². The van der Waals surface area contributed by atoms with Crippen molar-refractivity contribution in [3.05, 3.63) is 23.0 Å². The molecule has 12 heavy (non-hydrogen) atoms. The summed E-state index contributed by atoms with van der Waals surface area (Å²) in [5.41, 5.74) is 0. The van der Waals surface area contributed by atoms with Gasteiger partial charge in [0.15, 0.2) is 5.84 Å². The summed E-state index contributed by atoms with van der Waals surface area (Å²) in [6.45, 7) is 0. The summed E-state index contributed by atoms with van der Waals surface area (Å²) >= 11 is 1.71. The van der Waals surface area contributed by atoms with Crippen molar-refractivity contribution in [1.82, 2.24) is 10.2 Å². The summed E-state index contributed by atoms with van der Waals surface area (Å²) in [6.07, 6.45) is 3.42. The third-order valence-electron chi connectivity index (χ3n) is 1.81. The van der Waals surface area contributed by atoms with Crippen molar-refractivity contribution < 1.29 is 0 Å². The third kappa shape index (κ3) is 0.687. The second-order valence-corrected chi connectivity index (χ2v) is 3.44. The smallest absolute Gasteiger partial charge is 0.163 e. The zero-order valence-electron chi connectivity index (χ0n) is 6.06. The fraction of sp³-hybridized carbons (Fsp3) is 0.143. The highest BCUT2D eigenvalue weighted by Gasteiger charge is 2.19. The summed E-state index contributed by atoms with van der Waals surface area (Å²) in [5, 5.41) is 9.55. The number of thioether (sulfide) groups is 1. The highest BCUT2D eigenvalue weighted by atomic mass is 32.2. The number of hydrogen-bond donors (Lipinski definition) is 0. The first kappa shape index (κ1) is 6.30. The Kier molecular flexibility index (Phi) is 1.12. The average molecular weight is 176 g/mol. The normalized spacial score (nSPS) is 18.3. The largest absolute Gasteiger partial charge is 0.254 e. The van der Waals surface area contributed by atoms with Crippen LogP contribution in [-0.2, 0) is 0 Å². The molecule has 0 spiro atoms.